The van der Waals surface area contributed by atoms with Crippen molar-refractivity contribution in [3.8, 4) is 11.5 Å². The van der Waals surface area contributed by atoms with Crippen LogP contribution in [0.15, 0.2) is 42.5 Å². The van der Waals surface area contributed by atoms with Gasteiger partial charge in [0.25, 0.3) is 0 Å². The van der Waals surface area contributed by atoms with Crippen LogP contribution in [0.4, 0.5) is 0 Å². The third-order valence-corrected chi connectivity index (χ3v) is 4.14. The highest BCUT2D eigenvalue weighted by molar-refractivity contribution is 5.51. The van der Waals surface area contributed by atoms with Crippen molar-refractivity contribution < 1.29 is 19.7 Å². The van der Waals surface area contributed by atoms with E-state index in [4.69, 9.17) is 14.6 Å². The van der Waals surface area contributed by atoms with Crippen LogP contribution in [-0.4, -0.2) is 37.0 Å². The number of benzene rings is 2. The average molecular weight is 315 g/mol. The Kier molecular flexibility index (Phi) is 4.52. The van der Waals surface area contributed by atoms with Gasteiger partial charge in [-0.3, -0.25) is 0 Å². The Morgan fingerprint density at radius 3 is 2.83 bits per heavy atom. The van der Waals surface area contributed by atoms with Gasteiger partial charge in [-0.05, 0) is 29.3 Å². The number of rotatable bonds is 5. The molecule has 1 aliphatic rings. The first kappa shape index (κ1) is 15.8. The molecule has 0 bridgehead atoms. The third kappa shape index (κ3) is 2.91. The van der Waals surface area contributed by atoms with E-state index in [0.717, 1.165) is 16.9 Å². The van der Waals surface area contributed by atoms with Gasteiger partial charge in [0, 0.05) is 18.7 Å². The highest BCUT2D eigenvalue weighted by Gasteiger charge is 2.38. The minimum absolute atomic E-state index is 0.0176. The summed E-state index contributed by atoms with van der Waals surface area (Å²) in [5, 5.41) is 23.6. The number of ether oxygens (including phenoxy) is 2. The Hall–Kier alpha value is -2.08. The molecule has 0 spiro atoms. The molecule has 3 N–H and O–H groups in total. The summed E-state index contributed by atoms with van der Waals surface area (Å²) < 4.78 is 11.2. The smallest absolute Gasteiger partial charge is 0.131 e. The van der Waals surface area contributed by atoms with E-state index in [-0.39, 0.29) is 13.2 Å². The van der Waals surface area contributed by atoms with E-state index >= 15 is 0 Å². The van der Waals surface area contributed by atoms with E-state index in [9.17, 15) is 5.11 Å². The molecule has 0 aliphatic carbocycles. The summed E-state index contributed by atoms with van der Waals surface area (Å²) in [6.45, 7) is 1.08. The second kappa shape index (κ2) is 6.58. The standard InChI is InChI=1S/C18H21NO4/c1-22-14-6-7-15-13(10-14)11-23-17-5-3-2-4-16(17)18(15,21)12-19-8-9-20/h2-7,10,19-21H,8-9,11-12H2,1H3. The van der Waals surface area contributed by atoms with Crippen LogP contribution in [-0.2, 0) is 12.2 Å². The molecule has 23 heavy (non-hydrogen) atoms. The Morgan fingerprint density at radius 2 is 2.04 bits per heavy atom. The van der Waals surface area contributed by atoms with Crippen LogP contribution in [0.2, 0.25) is 0 Å². The minimum Gasteiger partial charge on any atom is -0.497 e. The summed E-state index contributed by atoms with van der Waals surface area (Å²) in [5.74, 6) is 1.39. The highest BCUT2D eigenvalue weighted by atomic mass is 16.5. The predicted octanol–water partition coefficient (Wildman–Crippen LogP) is 1.41. The third-order valence-electron chi connectivity index (χ3n) is 4.14. The van der Waals surface area contributed by atoms with Crippen LogP contribution < -0.4 is 14.8 Å². The molecule has 0 saturated carbocycles. The van der Waals surface area contributed by atoms with Crippen molar-refractivity contribution in [2.24, 2.45) is 0 Å². The van der Waals surface area contributed by atoms with E-state index in [2.05, 4.69) is 5.32 Å². The normalized spacial score (nSPS) is 19.3. The minimum atomic E-state index is -1.23. The first-order chi connectivity index (χ1) is 11.2. The van der Waals surface area contributed by atoms with Gasteiger partial charge in [-0.15, -0.1) is 0 Å². The largest absolute Gasteiger partial charge is 0.497 e. The second-order valence-electron chi connectivity index (χ2n) is 5.57. The molecule has 1 unspecified atom stereocenters. The van der Waals surface area contributed by atoms with Crippen molar-refractivity contribution >= 4 is 0 Å². The van der Waals surface area contributed by atoms with Gasteiger partial charge in [-0.1, -0.05) is 24.3 Å². The second-order valence-corrected chi connectivity index (χ2v) is 5.57. The maximum Gasteiger partial charge on any atom is 0.131 e. The SMILES string of the molecule is COc1ccc2c(c1)COc1ccccc1C2(O)CNCCO. The van der Waals surface area contributed by atoms with Gasteiger partial charge < -0.3 is 25.0 Å². The molecule has 0 aromatic heterocycles. The number of aliphatic hydroxyl groups is 2. The summed E-state index contributed by atoms with van der Waals surface area (Å²) in [6, 6.07) is 13.1. The van der Waals surface area contributed by atoms with Crippen LogP contribution in [0.5, 0.6) is 11.5 Å². The summed E-state index contributed by atoms with van der Waals surface area (Å²) in [6.07, 6.45) is 0. The van der Waals surface area contributed by atoms with Gasteiger partial charge >= 0.3 is 0 Å². The highest BCUT2D eigenvalue weighted by Crippen LogP contribution is 2.41. The van der Waals surface area contributed by atoms with Crippen LogP contribution >= 0.6 is 0 Å². The van der Waals surface area contributed by atoms with Gasteiger partial charge in [-0.25, -0.2) is 0 Å². The molecule has 2 aromatic rings. The van der Waals surface area contributed by atoms with E-state index in [1.165, 1.54) is 0 Å². The lowest BCUT2D eigenvalue weighted by Crippen LogP contribution is -2.40. The molecular weight excluding hydrogens is 294 g/mol. The van der Waals surface area contributed by atoms with Crippen molar-refractivity contribution in [1.82, 2.24) is 5.32 Å². The maximum absolute atomic E-state index is 11.5. The fraction of sp³-hybridized carbons (Fsp3) is 0.333. The molecule has 3 rings (SSSR count). The predicted molar refractivity (Wildman–Crippen MR) is 86.7 cm³/mol. The van der Waals surface area contributed by atoms with Crippen molar-refractivity contribution in [1.29, 1.82) is 0 Å². The first-order valence-corrected chi connectivity index (χ1v) is 7.62. The summed E-state index contributed by atoms with van der Waals surface area (Å²) in [5.41, 5.74) is 1.15. The van der Waals surface area contributed by atoms with Crippen molar-refractivity contribution in [3.05, 3.63) is 59.2 Å². The molecule has 5 nitrogen and oxygen atoms in total. The zero-order chi connectivity index (χ0) is 16.3. The number of hydrogen-bond acceptors (Lipinski definition) is 5. The fourth-order valence-electron chi connectivity index (χ4n) is 2.99. The van der Waals surface area contributed by atoms with E-state index in [1.54, 1.807) is 7.11 Å². The molecule has 1 aliphatic heterocycles. The van der Waals surface area contributed by atoms with E-state index in [0.29, 0.717) is 24.5 Å². The van der Waals surface area contributed by atoms with Gasteiger partial charge in [0.1, 0.15) is 23.7 Å². The number of para-hydroxylation sites is 1. The number of nitrogens with one attached hydrogen (secondary N) is 1. The topological polar surface area (TPSA) is 71.0 Å². The van der Waals surface area contributed by atoms with E-state index < -0.39 is 5.60 Å². The molecule has 0 radical (unpaired) electrons. The van der Waals surface area contributed by atoms with E-state index in [1.807, 2.05) is 42.5 Å². The zero-order valence-electron chi connectivity index (χ0n) is 13.1. The average Bonchev–Trinajstić information content (AvgIpc) is 2.71. The van der Waals surface area contributed by atoms with Gasteiger partial charge in [-0.2, -0.15) is 0 Å². The molecule has 2 aromatic carbocycles. The van der Waals surface area contributed by atoms with Crippen molar-refractivity contribution in [2.45, 2.75) is 12.2 Å². The quantitative estimate of drug-likeness (QED) is 0.728. The number of hydrogen-bond donors (Lipinski definition) is 3. The van der Waals surface area contributed by atoms with Gasteiger partial charge in [0.15, 0.2) is 0 Å². The summed E-state index contributed by atoms with van der Waals surface area (Å²) >= 11 is 0. The number of fused-ring (bicyclic) bond motifs is 2. The molecule has 122 valence electrons. The lowest BCUT2D eigenvalue weighted by atomic mass is 9.83. The lowest BCUT2D eigenvalue weighted by Gasteiger charge is -2.30. The van der Waals surface area contributed by atoms with Crippen LogP contribution in [0.3, 0.4) is 0 Å². The summed E-state index contributed by atoms with van der Waals surface area (Å²) in [4.78, 5) is 0. The van der Waals surface area contributed by atoms with Crippen LogP contribution in [0.1, 0.15) is 16.7 Å². The Bertz CT molecular complexity index is 688. The Morgan fingerprint density at radius 1 is 1.22 bits per heavy atom. The van der Waals surface area contributed by atoms with Gasteiger partial charge in [0.2, 0.25) is 0 Å². The summed E-state index contributed by atoms with van der Waals surface area (Å²) in [7, 11) is 1.61. The van der Waals surface area contributed by atoms with Crippen molar-refractivity contribution in [3.63, 3.8) is 0 Å². The molecule has 5 heteroatoms. The molecule has 0 fully saturated rings. The number of methoxy groups -OCH3 is 1. The zero-order valence-corrected chi connectivity index (χ0v) is 13.1. The molecule has 0 amide bonds. The van der Waals surface area contributed by atoms with Crippen molar-refractivity contribution in [2.75, 3.05) is 26.8 Å². The lowest BCUT2D eigenvalue weighted by molar-refractivity contribution is 0.0779. The van der Waals surface area contributed by atoms with Gasteiger partial charge in [0.05, 0.1) is 13.7 Å². The molecular formula is C18H21NO4. The van der Waals surface area contributed by atoms with Crippen LogP contribution in [0, 0.1) is 0 Å². The molecule has 1 atom stereocenters. The monoisotopic (exact) mass is 315 g/mol. The Balaban J connectivity index is 2.11. The fourth-order valence-corrected chi connectivity index (χ4v) is 2.99. The number of aliphatic hydroxyl groups excluding tert-OH is 1. The molecule has 1 heterocycles. The Labute approximate surface area is 135 Å². The first-order valence-electron chi connectivity index (χ1n) is 7.62. The van der Waals surface area contributed by atoms with Crippen LogP contribution in [0.25, 0.3) is 0 Å². The molecule has 0 saturated heterocycles. The maximum atomic E-state index is 11.5.